The van der Waals surface area contributed by atoms with Crippen LogP contribution in [-0.4, -0.2) is 10.7 Å². The maximum Gasteiger partial charge on any atom is 0.134 e. The first kappa shape index (κ1) is 10.8. The Labute approximate surface area is 101 Å². The number of rotatable bonds is 0. The molecule has 1 atom stereocenters. The Morgan fingerprint density at radius 2 is 2.00 bits per heavy atom. The number of fused-ring (bicyclic) bond motifs is 3. The molecule has 0 saturated heterocycles. The second-order valence-electron chi connectivity index (χ2n) is 5.62. The third-order valence-electron chi connectivity index (χ3n) is 3.96. The van der Waals surface area contributed by atoms with E-state index in [1.807, 2.05) is 13.2 Å². The standard InChI is InChI=1S/C15H18O2/c1-9-6-13-14(10(2)8-17-13)12-7-15(3,16)5-4-11(9)12/h6,8,16H,4-5,7H2,1-3H3/t15-/m0/s1. The largest absolute Gasteiger partial charge is 0.464 e. The summed E-state index contributed by atoms with van der Waals surface area (Å²) in [6, 6.07) is 2.13. The number of hydrogen-bond donors (Lipinski definition) is 1. The third kappa shape index (κ3) is 1.59. The van der Waals surface area contributed by atoms with Gasteiger partial charge in [0.1, 0.15) is 5.58 Å². The lowest BCUT2D eigenvalue weighted by molar-refractivity contribution is 0.0462. The van der Waals surface area contributed by atoms with E-state index in [1.165, 1.54) is 27.6 Å². The van der Waals surface area contributed by atoms with Crippen molar-refractivity contribution in [1.29, 1.82) is 0 Å². The number of hydrogen-bond acceptors (Lipinski definition) is 2. The van der Waals surface area contributed by atoms with Crippen molar-refractivity contribution in [1.82, 2.24) is 0 Å². The van der Waals surface area contributed by atoms with Crippen LogP contribution in [-0.2, 0) is 12.8 Å². The van der Waals surface area contributed by atoms with Gasteiger partial charge in [-0.1, -0.05) is 0 Å². The third-order valence-corrected chi connectivity index (χ3v) is 3.96. The lowest BCUT2D eigenvalue weighted by atomic mass is 9.78. The zero-order chi connectivity index (χ0) is 12.2. The molecule has 0 radical (unpaired) electrons. The number of aryl methyl sites for hydroxylation is 2. The fraction of sp³-hybridized carbons (Fsp3) is 0.467. The minimum absolute atomic E-state index is 0.572. The highest BCUT2D eigenvalue weighted by molar-refractivity contribution is 5.87. The van der Waals surface area contributed by atoms with Gasteiger partial charge in [0.15, 0.2) is 0 Å². The Balaban J connectivity index is 2.34. The van der Waals surface area contributed by atoms with Crippen LogP contribution < -0.4 is 0 Å². The Bertz CT molecular complexity index is 590. The summed E-state index contributed by atoms with van der Waals surface area (Å²) >= 11 is 0. The minimum Gasteiger partial charge on any atom is -0.464 e. The van der Waals surface area contributed by atoms with Gasteiger partial charge in [-0.25, -0.2) is 0 Å². The van der Waals surface area contributed by atoms with E-state index in [-0.39, 0.29) is 0 Å². The van der Waals surface area contributed by atoms with Gasteiger partial charge < -0.3 is 9.52 Å². The van der Waals surface area contributed by atoms with Gasteiger partial charge in [0, 0.05) is 11.8 Å². The molecule has 0 bridgehead atoms. The maximum absolute atomic E-state index is 10.3. The van der Waals surface area contributed by atoms with Crippen molar-refractivity contribution in [3.8, 4) is 0 Å². The van der Waals surface area contributed by atoms with E-state index in [9.17, 15) is 5.11 Å². The summed E-state index contributed by atoms with van der Waals surface area (Å²) < 4.78 is 5.58. The highest BCUT2D eigenvalue weighted by Crippen LogP contribution is 2.37. The van der Waals surface area contributed by atoms with Crippen molar-refractivity contribution in [3.63, 3.8) is 0 Å². The molecule has 0 spiro atoms. The molecule has 1 aliphatic rings. The van der Waals surface area contributed by atoms with Crippen molar-refractivity contribution in [2.24, 2.45) is 0 Å². The van der Waals surface area contributed by atoms with Crippen molar-refractivity contribution in [2.75, 3.05) is 0 Å². The van der Waals surface area contributed by atoms with E-state index in [2.05, 4.69) is 19.9 Å². The smallest absolute Gasteiger partial charge is 0.134 e. The van der Waals surface area contributed by atoms with Gasteiger partial charge in [0.05, 0.1) is 11.9 Å². The predicted octanol–water partition coefficient (Wildman–Crippen LogP) is 3.29. The highest BCUT2D eigenvalue weighted by atomic mass is 16.3. The Morgan fingerprint density at radius 1 is 1.24 bits per heavy atom. The number of aliphatic hydroxyl groups is 1. The minimum atomic E-state index is -0.572. The van der Waals surface area contributed by atoms with Gasteiger partial charge in [0.25, 0.3) is 0 Å². The molecule has 0 fully saturated rings. The molecule has 0 unspecified atom stereocenters. The molecule has 3 rings (SSSR count). The summed E-state index contributed by atoms with van der Waals surface area (Å²) in [4.78, 5) is 0. The van der Waals surface area contributed by atoms with Crippen molar-refractivity contribution >= 4 is 11.0 Å². The lowest BCUT2D eigenvalue weighted by Gasteiger charge is -2.31. The molecule has 2 nitrogen and oxygen atoms in total. The summed E-state index contributed by atoms with van der Waals surface area (Å²) in [6.45, 7) is 6.14. The Kier molecular flexibility index (Phi) is 2.14. The number of benzene rings is 1. The van der Waals surface area contributed by atoms with Gasteiger partial charge in [-0.2, -0.15) is 0 Å². The Hall–Kier alpha value is -1.28. The van der Waals surface area contributed by atoms with Gasteiger partial charge >= 0.3 is 0 Å². The van der Waals surface area contributed by atoms with Gasteiger partial charge in [-0.05, 0) is 61.9 Å². The summed E-state index contributed by atoms with van der Waals surface area (Å²) in [5.74, 6) is 0. The average molecular weight is 230 g/mol. The van der Waals surface area contributed by atoms with Gasteiger partial charge in [0.2, 0.25) is 0 Å². The molecular formula is C15H18O2. The zero-order valence-electron chi connectivity index (χ0n) is 10.6. The summed E-state index contributed by atoms with van der Waals surface area (Å²) in [5, 5.41) is 11.5. The molecule has 0 saturated carbocycles. The molecule has 2 aromatic rings. The summed E-state index contributed by atoms with van der Waals surface area (Å²) in [7, 11) is 0. The molecule has 1 aromatic carbocycles. The van der Waals surface area contributed by atoms with Crippen LogP contribution in [0, 0.1) is 13.8 Å². The van der Waals surface area contributed by atoms with Crippen LogP contribution in [0.5, 0.6) is 0 Å². The van der Waals surface area contributed by atoms with Crippen molar-refractivity contribution < 1.29 is 9.52 Å². The molecule has 0 aliphatic heterocycles. The first-order valence-electron chi connectivity index (χ1n) is 6.19. The second-order valence-corrected chi connectivity index (χ2v) is 5.62. The maximum atomic E-state index is 10.3. The van der Waals surface area contributed by atoms with Crippen LogP contribution >= 0.6 is 0 Å². The highest BCUT2D eigenvalue weighted by Gasteiger charge is 2.30. The molecule has 1 N–H and O–H groups in total. The molecule has 1 aliphatic carbocycles. The van der Waals surface area contributed by atoms with Gasteiger partial charge in [-0.3, -0.25) is 0 Å². The Morgan fingerprint density at radius 3 is 2.76 bits per heavy atom. The molecule has 0 amide bonds. The van der Waals surface area contributed by atoms with E-state index < -0.39 is 5.60 Å². The summed E-state index contributed by atoms with van der Waals surface area (Å²) in [5.41, 5.74) is 5.55. The monoisotopic (exact) mass is 230 g/mol. The predicted molar refractivity (Wildman–Crippen MR) is 68.3 cm³/mol. The van der Waals surface area contributed by atoms with Crippen LogP contribution in [0.25, 0.3) is 11.0 Å². The first-order chi connectivity index (χ1) is 7.98. The van der Waals surface area contributed by atoms with Crippen LogP contribution in [0.2, 0.25) is 0 Å². The first-order valence-corrected chi connectivity index (χ1v) is 6.19. The molecular weight excluding hydrogens is 212 g/mol. The average Bonchev–Trinajstić information content (AvgIpc) is 2.58. The molecule has 2 heteroatoms. The van der Waals surface area contributed by atoms with E-state index in [4.69, 9.17) is 4.42 Å². The van der Waals surface area contributed by atoms with E-state index in [0.717, 1.165) is 24.8 Å². The van der Waals surface area contributed by atoms with E-state index >= 15 is 0 Å². The van der Waals surface area contributed by atoms with Crippen LogP contribution in [0.3, 0.4) is 0 Å². The van der Waals surface area contributed by atoms with Crippen LogP contribution in [0.15, 0.2) is 16.7 Å². The van der Waals surface area contributed by atoms with Crippen LogP contribution in [0.1, 0.15) is 35.6 Å². The fourth-order valence-corrected chi connectivity index (χ4v) is 3.04. The molecule has 17 heavy (non-hydrogen) atoms. The summed E-state index contributed by atoms with van der Waals surface area (Å²) in [6.07, 6.45) is 4.37. The number of furan rings is 1. The topological polar surface area (TPSA) is 33.4 Å². The second kappa shape index (κ2) is 3.36. The lowest BCUT2D eigenvalue weighted by Crippen LogP contribution is -2.32. The van der Waals surface area contributed by atoms with E-state index in [1.54, 1.807) is 0 Å². The SMILES string of the molecule is Cc1cc2occ(C)c2c2c1CC[C@](C)(O)C2. The van der Waals surface area contributed by atoms with E-state index in [0.29, 0.717) is 0 Å². The zero-order valence-corrected chi connectivity index (χ0v) is 10.6. The molecule has 90 valence electrons. The normalized spacial score (nSPS) is 24.0. The molecule has 1 heterocycles. The van der Waals surface area contributed by atoms with Crippen LogP contribution in [0.4, 0.5) is 0 Å². The van der Waals surface area contributed by atoms with Crippen molar-refractivity contribution in [2.45, 2.75) is 45.6 Å². The quantitative estimate of drug-likeness (QED) is 0.753. The van der Waals surface area contributed by atoms with Crippen molar-refractivity contribution in [3.05, 3.63) is 34.6 Å². The fourth-order valence-electron chi connectivity index (χ4n) is 3.04. The van der Waals surface area contributed by atoms with Gasteiger partial charge in [-0.15, -0.1) is 0 Å². The molecule has 1 aromatic heterocycles.